The fourth-order valence-corrected chi connectivity index (χ4v) is 3.10. The molecular weight excluding hydrogens is 260 g/mol. The highest BCUT2D eigenvalue weighted by Crippen LogP contribution is 2.30. The third kappa shape index (κ3) is 3.20. The molecule has 0 saturated carbocycles. The molecule has 0 aromatic heterocycles. The smallest absolute Gasteiger partial charge is 0.124 e. The number of fused-ring (bicyclic) bond motifs is 1. The van der Waals surface area contributed by atoms with Gasteiger partial charge in [0.1, 0.15) is 5.75 Å². The normalized spacial score (nSPS) is 17.2. The van der Waals surface area contributed by atoms with Crippen molar-refractivity contribution in [3.8, 4) is 5.75 Å². The van der Waals surface area contributed by atoms with E-state index in [1.54, 1.807) is 0 Å². The molecule has 0 atom stereocenters. The van der Waals surface area contributed by atoms with E-state index in [-0.39, 0.29) is 0 Å². The summed E-state index contributed by atoms with van der Waals surface area (Å²) in [7, 11) is 0. The zero-order valence-corrected chi connectivity index (χ0v) is 12.7. The maximum absolute atomic E-state index is 6.01. The third-order valence-corrected chi connectivity index (χ3v) is 4.31. The summed E-state index contributed by atoms with van der Waals surface area (Å²) in [6.45, 7) is 5.85. The molecule has 1 fully saturated rings. The van der Waals surface area contributed by atoms with Crippen LogP contribution in [0.5, 0.6) is 5.75 Å². The Hall–Kier alpha value is -1.58. The first-order valence-corrected chi connectivity index (χ1v) is 7.89. The lowest BCUT2D eigenvalue weighted by atomic mass is 10.0. The summed E-state index contributed by atoms with van der Waals surface area (Å²) in [6.07, 6.45) is 2.18. The number of hydrogen-bond donors (Lipinski definition) is 1. The summed E-state index contributed by atoms with van der Waals surface area (Å²) < 4.78 is 5.86. The molecule has 1 aliphatic heterocycles. The quantitative estimate of drug-likeness (QED) is 0.937. The molecule has 21 heavy (non-hydrogen) atoms. The molecule has 0 unspecified atom stereocenters. The minimum absolute atomic E-state index is 0.375. The van der Waals surface area contributed by atoms with Crippen LogP contribution < -0.4 is 10.5 Å². The second kappa shape index (κ2) is 6.46. The minimum Gasteiger partial charge on any atom is -0.494 e. The molecule has 1 aliphatic rings. The summed E-state index contributed by atoms with van der Waals surface area (Å²) >= 11 is 0. The lowest BCUT2D eigenvalue weighted by Crippen LogP contribution is -2.39. The van der Waals surface area contributed by atoms with E-state index in [2.05, 4.69) is 41.3 Å². The molecule has 1 saturated heterocycles. The van der Waals surface area contributed by atoms with Gasteiger partial charge in [-0.2, -0.15) is 0 Å². The Morgan fingerprint density at radius 1 is 1.14 bits per heavy atom. The van der Waals surface area contributed by atoms with Gasteiger partial charge in [0.25, 0.3) is 0 Å². The number of nitrogens with zero attached hydrogens (tertiary/aromatic N) is 1. The van der Waals surface area contributed by atoms with Crippen molar-refractivity contribution in [3.63, 3.8) is 0 Å². The second-order valence-electron chi connectivity index (χ2n) is 5.81. The molecule has 3 heteroatoms. The summed E-state index contributed by atoms with van der Waals surface area (Å²) in [6, 6.07) is 13.2. The maximum Gasteiger partial charge on any atom is 0.124 e. The van der Waals surface area contributed by atoms with E-state index >= 15 is 0 Å². The van der Waals surface area contributed by atoms with Crippen molar-refractivity contribution in [2.75, 3.05) is 19.7 Å². The van der Waals surface area contributed by atoms with E-state index in [1.807, 2.05) is 6.92 Å². The summed E-state index contributed by atoms with van der Waals surface area (Å²) in [4.78, 5) is 2.49. The van der Waals surface area contributed by atoms with Gasteiger partial charge in [0, 0.05) is 18.2 Å². The third-order valence-electron chi connectivity index (χ3n) is 4.31. The molecule has 2 aromatic carbocycles. The average molecular weight is 284 g/mol. The first kappa shape index (κ1) is 14.4. The van der Waals surface area contributed by atoms with E-state index in [1.165, 1.54) is 16.3 Å². The van der Waals surface area contributed by atoms with Crippen LogP contribution in [0.15, 0.2) is 36.4 Å². The number of nitrogens with two attached hydrogens (primary N) is 1. The lowest BCUT2D eigenvalue weighted by molar-refractivity contribution is 0.203. The van der Waals surface area contributed by atoms with Gasteiger partial charge < -0.3 is 10.5 Å². The maximum atomic E-state index is 6.01. The Morgan fingerprint density at radius 3 is 2.67 bits per heavy atom. The number of piperidine rings is 1. The van der Waals surface area contributed by atoms with Gasteiger partial charge in [0.05, 0.1) is 6.61 Å². The zero-order chi connectivity index (χ0) is 14.7. The second-order valence-corrected chi connectivity index (χ2v) is 5.81. The molecule has 0 radical (unpaired) electrons. The number of hydrogen-bond acceptors (Lipinski definition) is 3. The highest BCUT2D eigenvalue weighted by molar-refractivity contribution is 5.87. The first-order chi connectivity index (χ1) is 10.3. The fourth-order valence-electron chi connectivity index (χ4n) is 3.10. The fraction of sp³-hybridized carbons (Fsp3) is 0.444. The van der Waals surface area contributed by atoms with Gasteiger partial charge in [-0.3, -0.25) is 4.90 Å². The van der Waals surface area contributed by atoms with Crippen molar-refractivity contribution in [2.24, 2.45) is 5.73 Å². The van der Waals surface area contributed by atoms with Crippen molar-refractivity contribution >= 4 is 10.8 Å². The van der Waals surface area contributed by atoms with E-state index in [0.29, 0.717) is 12.6 Å². The predicted octanol–water partition coefficient (Wildman–Crippen LogP) is 3.16. The summed E-state index contributed by atoms with van der Waals surface area (Å²) in [5.41, 5.74) is 7.32. The Kier molecular flexibility index (Phi) is 4.42. The Balaban J connectivity index is 1.92. The van der Waals surface area contributed by atoms with Gasteiger partial charge in [0.2, 0.25) is 0 Å². The van der Waals surface area contributed by atoms with Crippen LogP contribution in [-0.4, -0.2) is 30.6 Å². The standard InChI is InChI=1S/C18H24N2O/c1-2-21-18-8-7-14-5-3-4-6-16(14)17(18)13-20-11-9-15(19)10-12-20/h3-8,15H,2,9-13,19H2,1H3. The van der Waals surface area contributed by atoms with Crippen LogP contribution in [-0.2, 0) is 6.54 Å². The molecule has 2 N–H and O–H groups in total. The van der Waals surface area contributed by atoms with Crippen LogP contribution in [0.2, 0.25) is 0 Å². The Morgan fingerprint density at radius 2 is 1.90 bits per heavy atom. The van der Waals surface area contributed by atoms with E-state index < -0.39 is 0 Å². The molecule has 2 aromatic rings. The number of benzene rings is 2. The van der Waals surface area contributed by atoms with Crippen molar-refractivity contribution in [2.45, 2.75) is 32.4 Å². The lowest BCUT2D eigenvalue weighted by Gasteiger charge is -2.30. The van der Waals surface area contributed by atoms with E-state index in [9.17, 15) is 0 Å². The molecule has 0 amide bonds. The minimum atomic E-state index is 0.375. The van der Waals surface area contributed by atoms with Gasteiger partial charge in [-0.1, -0.05) is 30.3 Å². The van der Waals surface area contributed by atoms with Gasteiger partial charge in [-0.15, -0.1) is 0 Å². The summed E-state index contributed by atoms with van der Waals surface area (Å²) in [5.74, 6) is 1.02. The SMILES string of the molecule is CCOc1ccc2ccccc2c1CN1CCC(N)CC1. The van der Waals surface area contributed by atoms with Crippen molar-refractivity contribution in [1.29, 1.82) is 0 Å². The van der Waals surface area contributed by atoms with Crippen molar-refractivity contribution < 1.29 is 4.74 Å². The van der Waals surface area contributed by atoms with Crippen LogP contribution in [0.1, 0.15) is 25.3 Å². The highest BCUT2D eigenvalue weighted by Gasteiger charge is 2.18. The predicted molar refractivity (Wildman–Crippen MR) is 87.6 cm³/mol. The van der Waals surface area contributed by atoms with Crippen molar-refractivity contribution in [3.05, 3.63) is 42.0 Å². The van der Waals surface area contributed by atoms with Gasteiger partial charge >= 0.3 is 0 Å². The van der Waals surface area contributed by atoms with E-state index in [4.69, 9.17) is 10.5 Å². The Bertz CT molecular complexity index is 603. The molecule has 3 rings (SSSR count). The summed E-state index contributed by atoms with van der Waals surface area (Å²) in [5, 5.41) is 2.59. The number of ether oxygens (including phenoxy) is 1. The molecule has 1 heterocycles. The van der Waals surface area contributed by atoms with Crippen LogP contribution >= 0.6 is 0 Å². The molecular formula is C18H24N2O. The van der Waals surface area contributed by atoms with Gasteiger partial charge in [0.15, 0.2) is 0 Å². The van der Waals surface area contributed by atoms with Gasteiger partial charge in [-0.25, -0.2) is 0 Å². The average Bonchev–Trinajstić information content (AvgIpc) is 2.52. The van der Waals surface area contributed by atoms with Crippen LogP contribution in [0, 0.1) is 0 Å². The first-order valence-electron chi connectivity index (χ1n) is 7.89. The topological polar surface area (TPSA) is 38.5 Å². The van der Waals surface area contributed by atoms with Gasteiger partial charge in [-0.05, 0) is 49.7 Å². The molecule has 0 bridgehead atoms. The number of likely N-dealkylation sites (tertiary alicyclic amines) is 1. The Labute approximate surface area is 126 Å². The largest absolute Gasteiger partial charge is 0.494 e. The molecule has 112 valence electrons. The monoisotopic (exact) mass is 284 g/mol. The highest BCUT2D eigenvalue weighted by atomic mass is 16.5. The molecule has 3 nitrogen and oxygen atoms in total. The van der Waals surface area contributed by atoms with Crippen LogP contribution in [0.4, 0.5) is 0 Å². The van der Waals surface area contributed by atoms with Crippen molar-refractivity contribution in [1.82, 2.24) is 4.90 Å². The zero-order valence-electron chi connectivity index (χ0n) is 12.7. The molecule has 0 aliphatic carbocycles. The number of rotatable bonds is 4. The molecule has 0 spiro atoms. The van der Waals surface area contributed by atoms with E-state index in [0.717, 1.165) is 38.2 Å². The van der Waals surface area contributed by atoms with Crippen LogP contribution in [0.3, 0.4) is 0 Å². The van der Waals surface area contributed by atoms with Crippen LogP contribution in [0.25, 0.3) is 10.8 Å².